The fourth-order valence-electron chi connectivity index (χ4n) is 3.34. The van der Waals surface area contributed by atoms with E-state index in [4.69, 9.17) is 5.26 Å². The highest BCUT2D eigenvalue weighted by Gasteiger charge is 2.43. The highest BCUT2D eigenvalue weighted by Crippen LogP contribution is 2.34. The fraction of sp³-hybridized carbons (Fsp3) is 0.250. The lowest BCUT2D eigenvalue weighted by Crippen LogP contribution is -2.29. The van der Waals surface area contributed by atoms with Crippen LogP contribution in [0.2, 0.25) is 0 Å². The molecule has 0 saturated carbocycles. The van der Waals surface area contributed by atoms with E-state index in [0.29, 0.717) is 17.7 Å². The number of Topliss-reactive ketones (excluding diaryl/α,β-unsaturated/α-hetero) is 1. The number of likely N-dealkylation sites (tertiary alicyclic amines) is 1. The number of rotatable bonds is 4. The van der Waals surface area contributed by atoms with Crippen LogP contribution in [0.4, 0.5) is 4.39 Å². The lowest BCUT2D eigenvalue weighted by atomic mass is 9.83. The zero-order chi connectivity index (χ0) is 18.0. The van der Waals surface area contributed by atoms with Gasteiger partial charge in [-0.1, -0.05) is 30.3 Å². The summed E-state index contributed by atoms with van der Waals surface area (Å²) < 4.78 is 13.8. The quantitative estimate of drug-likeness (QED) is 0.807. The Morgan fingerprint density at radius 3 is 2.76 bits per heavy atom. The Bertz CT molecular complexity index is 872. The average Bonchev–Trinajstić information content (AvgIpc) is 2.92. The molecule has 0 bridgehead atoms. The van der Waals surface area contributed by atoms with E-state index in [1.807, 2.05) is 6.07 Å². The highest BCUT2D eigenvalue weighted by atomic mass is 19.1. The summed E-state index contributed by atoms with van der Waals surface area (Å²) >= 11 is 0. The van der Waals surface area contributed by atoms with E-state index in [0.717, 1.165) is 5.56 Å². The minimum atomic E-state index is -0.849. The molecule has 2 aromatic carbocycles. The van der Waals surface area contributed by atoms with Crippen LogP contribution >= 0.6 is 0 Å². The lowest BCUT2D eigenvalue weighted by Gasteiger charge is -2.16. The van der Waals surface area contributed by atoms with Crippen LogP contribution in [0.1, 0.15) is 22.6 Å². The Hall–Kier alpha value is -3.00. The van der Waals surface area contributed by atoms with Gasteiger partial charge in [-0.3, -0.25) is 9.59 Å². The van der Waals surface area contributed by atoms with Crippen molar-refractivity contribution >= 4 is 11.7 Å². The van der Waals surface area contributed by atoms with Crippen LogP contribution in [0.25, 0.3) is 0 Å². The van der Waals surface area contributed by atoms with E-state index in [9.17, 15) is 14.0 Å². The molecule has 25 heavy (non-hydrogen) atoms. The molecule has 0 spiro atoms. The van der Waals surface area contributed by atoms with Crippen molar-refractivity contribution in [2.45, 2.75) is 12.3 Å². The van der Waals surface area contributed by atoms with Crippen molar-refractivity contribution in [1.29, 1.82) is 5.26 Å². The second-order valence-electron chi connectivity index (χ2n) is 6.27. The second-order valence-corrected chi connectivity index (χ2v) is 6.27. The summed E-state index contributed by atoms with van der Waals surface area (Å²) in [6.45, 7) is 0.404. The Morgan fingerprint density at radius 2 is 2.04 bits per heavy atom. The first kappa shape index (κ1) is 16.8. The molecular formula is C20H17FN2O2. The number of nitriles is 1. The molecule has 3 rings (SSSR count). The number of ketones is 1. The second kappa shape index (κ2) is 6.86. The topological polar surface area (TPSA) is 61.2 Å². The molecule has 0 N–H and O–H groups in total. The number of hydrogen-bond donors (Lipinski definition) is 0. The van der Waals surface area contributed by atoms with Gasteiger partial charge in [-0.15, -0.1) is 0 Å². The molecule has 1 aliphatic heterocycles. The minimum Gasteiger partial charge on any atom is -0.344 e. The molecule has 5 heteroatoms. The van der Waals surface area contributed by atoms with Crippen LogP contribution in [0.5, 0.6) is 0 Å². The van der Waals surface area contributed by atoms with Gasteiger partial charge in [0, 0.05) is 25.9 Å². The summed E-state index contributed by atoms with van der Waals surface area (Å²) in [5.74, 6) is -2.18. The van der Waals surface area contributed by atoms with E-state index in [-0.39, 0.29) is 24.0 Å². The summed E-state index contributed by atoms with van der Waals surface area (Å²) in [7, 11) is 1.65. The van der Waals surface area contributed by atoms with E-state index in [1.54, 1.807) is 43.4 Å². The first-order chi connectivity index (χ1) is 12.0. The van der Waals surface area contributed by atoms with Gasteiger partial charge in [-0.05, 0) is 29.3 Å². The molecule has 2 aromatic rings. The standard InChI is InChI=1S/C20H17FN2O2/c1-23-12-16(14-7-4-5-13(9-14)11-22)19(20(23)25)18(24)10-15-6-2-3-8-17(15)21/h2-9,16,19H,10,12H2,1H3/t16-,19+/m1/s1. The molecular weight excluding hydrogens is 319 g/mol. The molecule has 126 valence electrons. The predicted molar refractivity (Wildman–Crippen MR) is 90.1 cm³/mol. The third kappa shape index (κ3) is 3.29. The van der Waals surface area contributed by atoms with Gasteiger partial charge in [-0.25, -0.2) is 4.39 Å². The van der Waals surface area contributed by atoms with Crippen molar-refractivity contribution < 1.29 is 14.0 Å². The minimum absolute atomic E-state index is 0.120. The number of nitrogens with zero attached hydrogens (tertiary/aromatic N) is 2. The van der Waals surface area contributed by atoms with Crippen molar-refractivity contribution in [3.8, 4) is 6.07 Å². The van der Waals surface area contributed by atoms with E-state index >= 15 is 0 Å². The van der Waals surface area contributed by atoms with E-state index in [1.165, 1.54) is 11.0 Å². The largest absolute Gasteiger partial charge is 0.344 e. The maximum absolute atomic E-state index is 13.8. The zero-order valence-corrected chi connectivity index (χ0v) is 13.8. The molecule has 4 nitrogen and oxygen atoms in total. The number of likely N-dealkylation sites (N-methyl/N-ethyl adjacent to an activating group) is 1. The molecule has 1 heterocycles. The van der Waals surface area contributed by atoms with E-state index < -0.39 is 11.7 Å². The Labute approximate surface area is 145 Å². The SMILES string of the molecule is CN1C[C@H](c2cccc(C#N)c2)[C@@H](C(=O)Cc2ccccc2F)C1=O. The smallest absolute Gasteiger partial charge is 0.233 e. The maximum Gasteiger partial charge on any atom is 0.233 e. The summed E-state index contributed by atoms with van der Waals surface area (Å²) in [5.41, 5.74) is 1.56. The van der Waals surface area contributed by atoms with Crippen LogP contribution in [0.3, 0.4) is 0 Å². The van der Waals surface area contributed by atoms with Crippen LogP contribution in [-0.4, -0.2) is 30.2 Å². The van der Waals surface area contributed by atoms with Crippen LogP contribution < -0.4 is 0 Å². The van der Waals surface area contributed by atoms with Crippen molar-refractivity contribution in [1.82, 2.24) is 4.90 Å². The molecule has 0 radical (unpaired) electrons. The Balaban J connectivity index is 1.91. The fourth-order valence-corrected chi connectivity index (χ4v) is 3.34. The lowest BCUT2D eigenvalue weighted by molar-refractivity contribution is -0.136. The third-order valence-electron chi connectivity index (χ3n) is 4.63. The van der Waals surface area contributed by atoms with Crippen LogP contribution in [-0.2, 0) is 16.0 Å². The summed E-state index contributed by atoms with van der Waals surface area (Å²) in [6.07, 6.45) is -0.120. The van der Waals surface area contributed by atoms with Gasteiger partial charge >= 0.3 is 0 Å². The maximum atomic E-state index is 13.8. The molecule has 1 fully saturated rings. The Kier molecular flexibility index (Phi) is 4.62. The van der Waals surface area contributed by atoms with Crippen molar-refractivity contribution in [2.24, 2.45) is 5.92 Å². The number of carbonyl (C=O) groups excluding carboxylic acids is 2. The number of benzene rings is 2. The molecule has 0 aliphatic carbocycles. The molecule has 1 aliphatic rings. The highest BCUT2D eigenvalue weighted by molar-refractivity contribution is 6.04. The van der Waals surface area contributed by atoms with Gasteiger partial charge in [0.2, 0.25) is 5.91 Å². The number of carbonyl (C=O) groups is 2. The van der Waals surface area contributed by atoms with E-state index in [2.05, 4.69) is 6.07 Å². The van der Waals surface area contributed by atoms with Gasteiger partial charge < -0.3 is 4.90 Å². The monoisotopic (exact) mass is 336 g/mol. The van der Waals surface area contributed by atoms with Crippen LogP contribution in [0, 0.1) is 23.1 Å². The van der Waals surface area contributed by atoms with Crippen molar-refractivity contribution in [2.75, 3.05) is 13.6 Å². The number of hydrogen-bond acceptors (Lipinski definition) is 3. The van der Waals surface area contributed by atoms with Gasteiger partial charge in [-0.2, -0.15) is 5.26 Å². The van der Waals surface area contributed by atoms with Crippen LogP contribution in [0.15, 0.2) is 48.5 Å². The zero-order valence-electron chi connectivity index (χ0n) is 13.8. The summed E-state index contributed by atoms with van der Waals surface area (Å²) in [6, 6.07) is 15.1. The average molecular weight is 336 g/mol. The normalized spacial score (nSPS) is 19.7. The Morgan fingerprint density at radius 1 is 1.28 bits per heavy atom. The molecule has 0 aromatic heterocycles. The number of halogens is 1. The van der Waals surface area contributed by atoms with Gasteiger partial charge in [0.1, 0.15) is 17.5 Å². The first-order valence-corrected chi connectivity index (χ1v) is 8.02. The predicted octanol–water partition coefficient (Wildman–Crippen LogP) is 2.68. The van der Waals surface area contributed by atoms with Gasteiger partial charge in [0.25, 0.3) is 0 Å². The summed E-state index contributed by atoms with van der Waals surface area (Å²) in [4.78, 5) is 26.8. The number of amides is 1. The summed E-state index contributed by atoms with van der Waals surface area (Å²) in [5, 5.41) is 9.07. The molecule has 0 unspecified atom stereocenters. The third-order valence-corrected chi connectivity index (χ3v) is 4.63. The molecule has 1 saturated heterocycles. The van der Waals surface area contributed by atoms with Gasteiger partial charge in [0.05, 0.1) is 11.6 Å². The van der Waals surface area contributed by atoms with Crippen molar-refractivity contribution in [3.05, 3.63) is 71.0 Å². The molecule has 2 atom stereocenters. The molecule has 1 amide bonds. The van der Waals surface area contributed by atoms with Gasteiger partial charge in [0.15, 0.2) is 0 Å². The first-order valence-electron chi connectivity index (χ1n) is 8.02. The van der Waals surface area contributed by atoms with Crippen molar-refractivity contribution in [3.63, 3.8) is 0 Å².